The molecule has 0 bridgehead atoms. The summed E-state index contributed by atoms with van der Waals surface area (Å²) >= 11 is 1.75. The van der Waals surface area contributed by atoms with Gasteiger partial charge in [-0.3, -0.25) is 10.1 Å². The molecule has 0 radical (unpaired) electrons. The normalized spacial score (nSPS) is 12.3. The van der Waals surface area contributed by atoms with E-state index in [1.54, 1.807) is 23.5 Å². The number of nitro benzene ring substituents is 1. The Balaban J connectivity index is 2.29. The molecule has 1 aromatic carbocycles. The van der Waals surface area contributed by atoms with Crippen molar-refractivity contribution in [1.29, 1.82) is 0 Å². The Morgan fingerprint density at radius 3 is 2.60 bits per heavy atom. The molecule has 0 amide bonds. The van der Waals surface area contributed by atoms with Crippen molar-refractivity contribution in [2.24, 2.45) is 0 Å². The van der Waals surface area contributed by atoms with Gasteiger partial charge in [0.1, 0.15) is 0 Å². The van der Waals surface area contributed by atoms with E-state index >= 15 is 0 Å². The summed E-state index contributed by atoms with van der Waals surface area (Å²) in [5, 5.41) is 14.3. The fourth-order valence-electron chi connectivity index (χ4n) is 2.20. The molecule has 0 aliphatic carbocycles. The number of likely N-dealkylation sites (N-methyl/N-ethyl adjacent to an activating group) is 1. The van der Waals surface area contributed by atoms with Crippen LogP contribution in [-0.4, -0.2) is 12.0 Å². The zero-order valence-corrected chi connectivity index (χ0v) is 12.7. The first-order valence-electron chi connectivity index (χ1n) is 6.49. The van der Waals surface area contributed by atoms with E-state index in [9.17, 15) is 10.1 Å². The van der Waals surface area contributed by atoms with E-state index in [2.05, 4.69) is 25.2 Å². The molecule has 0 aliphatic rings. The average Bonchev–Trinajstić information content (AvgIpc) is 2.76. The monoisotopic (exact) mass is 290 g/mol. The van der Waals surface area contributed by atoms with Crippen molar-refractivity contribution in [1.82, 2.24) is 5.32 Å². The van der Waals surface area contributed by atoms with Crippen LogP contribution >= 0.6 is 11.3 Å². The summed E-state index contributed by atoms with van der Waals surface area (Å²) in [6.45, 7) is 4.19. The maximum atomic E-state index is 11.1. The van der Waals surface area contributed by atoms with Crippen LogP contribution in [0.15, 0.2) is 30.3 Å². The minimum absolute atomic E-state index is 0.105. The lowest BCUT2D eigenvalue weighted by Gasteiger charge is -2.14. The average molecular weight is 290 g/mol. The highest BCUT2D eigenvalue weighted by molar-refractivity contribution is 7.12. The molecule has 0 fully saturated rings. The molecule has 5 heteroatoms. The summed E-state index contributed by atoms with van der Waals surface area (Å²) in [5.41, 5.74) is 2.23. The Kier molecular flexibility index (Phi) is 4.52. The van der Waals surface area contributed by atoms with Gasteiger partial charge in [0, 0.05) is 27.4 Å². The van der Waals surface area contributed by atoms with Gasteiger partial charge >= 0.3 is 0 Å². The van der Waals surface area contributed by atoms with Gasteiger partial charge in [-0.25, -0.2) is 0 Å². The third-order valence-electron chi connectivity index (χ3n) is 3.49. The van der Waals surface area contributed by atoms with Gasteiger partial charge in [-0.1, -0.05) is 18.2 Å². The number of rotatable bonds is 5. The summed E-state index contributed by atoms with van der Waals surface area (Å²) < 4.78 is 0. The number of hydrogen-bond donors (Lipinski definition) is 1. The van der Waals surface area contributed by atoms with Gasteiger partial charge in [0.2, 0.25) is 0 Å². The predicted molar refractivity (Wildman–Crippen MR) is 82.4 cm³/mol. The van der Waals surface area contributed by atoms with Crippen LogP contribution in [0.4, 0.5) is 5.69 Å². The highest BCUT2D eigenvalue weighted by atomic mass is 32.1. The molecule has 2 rings (SSSR count). The summed E-state index contributed by atoms with van der Waals surface area (Å²) in [5.74, 6) is 0. The van der Waals surface area contributed by atoms with Crippen molar-refractivity contribution in [3.8, 4) is 0 Å². The van der Waals surface area contributed by atoms with Gasteiger partial charge in [0.05, 0.1) is 4.92 Å². The smallest absolute Gasteiger partial charge is 0.272 e. The molecule has 106 valence electrons. The number of benzene rings is 1. The number of nitro groups is 1. The SMILES string of the molecule is CNC(Cc1ccccc1[N+](=O)[O-])c1cc(C)c(C)s1. The molecule has 0 saturated carbocycles. The lowest BCUT2D eigenvalue weighted by Crippen LogP contribution is -2.18. The number of aryl methyl sites for hydroxylation is 2. The molecule has 20 heavy (non-hydrogen) atoms. The van der Waals surface area contributed by atoms with Gasteiger partial charge in [-0.15, -0.1) is 11.3 Å². The van der Waals surface area contributed by atoms with E-state index in [4.69, 9.17) is 0 Å². The van der Waals surface area contributed by atoms with Gasteiger partial charge in [0.25, 0.3) is 5.69 Å². The molecular weight excluding hydrogens is 272 g/mol. The fourth-order valence-corrected chi connectivity index (χ4v) is 3.35. The van der Waals surface area contributed by atoms with Crippen LogP contribution in [0.3, 0.4) is 0 Å². The minimum Gasteiger partial charge on any atom is -0.312 e. The topological polar surface area (TPSA) is 55.2 Å². The molecule has 1 heterocycles. The lowest BCUT2D eigenvalue weighted by atomic mass is 10.0. The summed E-state index contributed by atoms with van der Waals surface area (Å²) in [7, 11) is 1.89. The second-order valence-electron chi connectivity index (χ2n) is 4.82. The molecule has 1 unspecified atom stereocenters. The molecule has 4 nitrogen and oxygen atoms in total. The zero-order valence-electron chi connectivity index (χ0n) is 11.8. The molecule has 0 aliphatic heterocycles. The Hall–Kier alpha value is -1.72. The molecule has 1 aromatic heterocycles. The van der Waals surface area contributed by atoms with Crippen molar-refractivity contribution < 1.29 is 4.92 Å². The number of hydrogen-bond acceptors (Lipinski definition) is 4. The quantitative estimate of drug-likeness (QED) is 0.673. The lowest BCUT2D eigenvalue weighted by molar-refractivity contribution is -0.385. The first-order chi connectivity index (χ1) is 9.52. The fraction of sp³-hybridized carbons (Fsp3) is 0.333. The van der Waals surface area contributed by atoms with Crippen LogP contribution in [0, 0.1) is 24.0 Å². The molecule has 2 aromatic rings. The summed E-state index contributed by atoms with van der Waals surface area (Å²) in [6, 6.07) is 9.21. The first kappa shape index (κ1) is 14.7. The molecule has 1 atom stereocenters. The van der Waals surface area contributed by atoms with Crippen molar-refractivity contribution >= 4 is 17.0 Å². The van der Waals surface area contributed by atoms with Crippen molar-refractivity contribution in [2.45, 2.75) is 26.3 Å². The Morgan fingerprint density at radius 2 is 2.05 bits per heavy atom. The van der Waals surface area contributed by atoms with E-state index in [-0.39, 0.29) is 16.7 Å². The van der Waals surface area contributed by atoms with Crippen LogP contribution in [0.25, 0.3) is 0 Å². The van der Waals surface area contributed by atoms with Crippen molar-refractivity contribution in [3.05, 3.63) is 61.3 Å². The van der Waals surface area contributed by atoms with E-state index < -0.39 is 0 Å². The molecule has 0 saturated heterocycles. The maximum absolute atomic E-state index is 11.1. The van der Waals surface area contributed by atoms with Crippen molar-refractivity contribution in [2.75, 3.05) is 7.05 Å². The van der Waals surface area contributed by atoms with Gasteiger partial charge in [-0.2, -0.15) is 0 Å². The number of para-hydroxylation sites is 1. The second-order valence-corrected chi connectivity index (χ2v) is 6.11. The van der Waals surface area contributed by atoms with Crippen LogP contribution in [0.1, 0.15) is 26.9 Å². The maximum Gasteiger partial charge on any atom is 0.272 e. The Labute approximate surface area is 122 Å². The highest BCUT2D eigenvalue weighted by Gasteiger charge is 2.19. The third kappa shape index (κ3) is 3.05. The second kappa shape index (κ2) is 6.15. The van der Waals surface area contributed by atoms with Gasteiger partial charge in [-0.05, 0) is 38.9 Å². The van der Waals surface area contributed by atoms with Crippen LogP contribution in [-0.2, 0) is 6.42 Å². The van der Waals surface area contributed by atoms with E-state index in [0.717, 1.165) is 5.56 Å². The van der Waals surface area contributed by atoms with Gasteiger partial charge < -0.3 is 5.32 Å². The zero-order chi connectivity index (χ0) is 14.7. The predicted octanol–water partition coefficient (Wildman–Crippen LogP) is 3.78. The molecular formula is C15H18N2O2S. The third-order valence-corrected chi connectivity index (χ3v) is 4.76. The molecule has 0 spiro atoms. The number of thiophene rings is 1. The highest BCUT2D eigenvalue weighted by Crippen LogP contribution is 2.30. The number of nitrogens with one attached hydrogen (secondary N) is 1. The largest absolute Gasteiger partial charge is 0.312 e. The van der Waals surface area contributed by atoms with Crippen molar-refractivity contribution in [3.63, 3.8) is 0 Å². The summed E-state index contributed by atoms with van der Waals surface area (Å²) in [6.07, 6.45) is 0.618. The van der Waals surface area contributed by atoms with Crippen LogP contribution < -0.4 is 5.32 Å². The van der Waals surface area contributed by atoms with E-state index in [0.29, 0.717) is 6.42 Å². The molecule has 1 N–H and O–H groups in total. The number of nitrogens with zero attached hydrogens (tertiary/aromatic N) is 1. The first-order valence-corrected chi connectivity index (χ1v) is 7.31. The van der Waals surface area contributed by atoms with Gasteiger partial charge in [0.15, 0.2) is 0 Å². The summed E-state index contributed by atoms with van der Waals surface area (Å²) in [4.78, 5) is 13.3. The van der Waals surface area contributed by atoms with E-state index in [1.807, 2.05) is 19.2 Å². The van der Waals surface area contributed by atoms with Crippen LogP contribution in [0.2, 0.25) is 0 Å². The minimum atomic E-state index is -0.313. The van der Waals surface area contributed by atoms with Crippen LogP contribution in [0.5, 0.6) is 0 Å². The standard InChI is InChI=1S/C15H18N2O2S/c1-10-8-15(20-11(10)2)13(16-3)9-12-6-4-5-7-14(12)17(18)19/h4-8,13,16H,9H2,1-3H3. The van der Waals surface area contributed by atoms with E-state index in [1.165, 1.54) is 15.3 Å². The Morgan fingerprint density at radius 1 is 1.35 bits per heavy atom. The Bertz CT molecular complexity index is 603.